The minimum atomic E-state index is -4.88. The van der Waals surface area contributed by atoms with Crippen LogP contribution in [0.2, 0.25) is 0 Å². The van der Waals surface area contributed by atoms with Gasteiger partial charge in [-0.2, -0.15) is 0 Å². The standard InChI is InChI=1S/C85H160N4O22P2.2Na.2H/c1-9-15-21-27-30-33-36-42-48-54-76(109-80(95)56-50-44-38-35-32-29-23-17-11-3)66-78(93)89-72(68-103-62-58-74(91)52-46-40-25-19-13-5)70-107-113(100,101)105-64-60-87-84(97)82-81(110-85(7,8)111-82)83(96)86-59-63-104-112(98,99)106-69-71(67-102-61-57-73(90)51-45-39-24-18-12-4)88-77(92)65-75(53-47-41-26-20-14-6)108-79(94)55-49-43-37-34-31-28-22-16-10-2;;;;/h34-35,37-38,71-76,81-82,90-91H,9-33,36,39-70H2,1-8H3,(H,86,96)(H,87,97)(H,88,92)(H,89,93)(H,98,99)(H,100,101);;;;/q;2*+1;2*-1/b37-34+,38-35+;;;;/t71?,72?,73-,74-,75-,76+,81-,82+;;;;/m1..../s1. The molecule has 1 saturated heterocycles. The van der Waals surface area contributed by atoms with Gasteiger partial charge in [0.2, 0.25) is 11.8 Å². The minimum absolute atomic E-state index is 0. The summed E-state index contributed by atoms with van der Waals surface area (Å²) >= 11 is 0. The Balaban J connectivity index is -0.0000160. The molecule has 666 valence electrons. The molecule has 4 amide bonds. The number of amides is 4. The van der Waals surface area contributed by atoms with Gasteiger partial charge < -0.3 is 72.5 Å². The third kappa shape index (κ3) is 69.4. The molecule has 1 aliphatic rings. The molecule has 1 heterocycles. The number of nitrogens with one attached hydrogen (secondary N) is 4. The van der Waals surface area contributed by atoms with Crippen LogP contribution in [0.25, 0.3) is 0 Å². The van der Waals surface area contributed by atoms with Gasteiger partial charge in [-0.1, -0.05) is 246 Å². The number of aliphatic hydroxyl groups is 2. The molecule has 0 spiro atoms. The number of hydrogen-bond donors (Lipinski definition) is 8. The Labute approximate surface area is 741 Å². The Hall–Kier alpha value is -1.72. The van der Waals surface area contributed by atoms with Crippen LogP contribution >= 0.6 is 15.6 Å². The van der Waals surface area contributed by atoms with Crippen molar-refractivity contribution in [2.75, 3.05) is 65.9 Å². The molecule has 1 aliphatic heterocycles. The number of aliphatic hydroxyl groups excluding tert-OH is 2. The smallest absolute Gasteiger partial charge is 1.00 e. The first-order chi connectivity index (χ1) is 54.4. The summed E-state index contributed by atoms with van der Waals surface area (Å²) in [6.07, 6.45) is 45.0. The zero-order chi connectivity index (χ0) is 83.3. The van der Waals surface area contributed by atoms with Crippen LogP contribution < -0.4 is 80.4 Å². The van der Waals surface area contributed by atoms with Gasteiger partial charge in [0.15, 0.2) is 18.0 Å². The van der Waals surface area contributed by atoms with Crippen LogP contribution in [0.4, 0.5) is 0 Å². The number of unbranched alkanes of at least 4 members (excludes halogenated alkanes) is 30. The molecule has 0 bridgehead atoms. The first-order valence-corrected chi connectivity index (χ1v) is 47.3. The Bertz CT molecular complexity index is 2580. The molecular formula is C85H162N4Na2O22P2. The van der Waals surface area contributed by atoms with Crippen molar-refractivity contribution in [3.05, 3.63) is 24.3 Å². The van der Waals surface area contributed by atoms with Crippen molar-refractivity contribution in [3.63, 3.8) is 0 Å². The molecule has 0 aromatic rings. The average molecular weight is 1700 g/mol. The van der Waals surface area contributed by atoms with Gasteiger partial charge in [0.1, 0.15) is 12.2 Å². The molecule has 0 aromatic carbocycles. The van der Waals surface area contributed by atoms with E-state index in [2.05, 4.69) is 87.1 Å². The first-order valence-electron chi connectivity index (χ1n) is 44.4. The summed E-state index contributed by atoms with van der Waals surface area (Å²) in [5.41, 5.74) is 0. The van der Waals surface area contributed by atoms with E-state index in [4.69, 9.17) is 46.5 Å². The summed E-state index contributed by atoms with van der Waals surface area (Å²) in [6.45, 7) is 12.9. The van der Waals surface area contributed by atoms with E-state index in [0.717, 1.165) is 167 Å². The summed E-state index contributed by atoms with van der Waals surface area (Å²) < 4.78 is 83.2. The van der Waals surface area contributed by atoms with E-state index in [1.165, 1.54) is 78.1 Å². The van der Waals surface area contributed by atoms with Crippen LogP contribution in [0, 0.1) is 0 Å². The summed E-state index contributed by atoms with van der Waals surface area (Å²) in [5.74, 6) is -4.90. The maximum atomic E-state index is 13.9. The maximum Gasteiger partial charge on any atom is 1.00 e. The number of ether oxygens (including phenoxy) is 6. The zero-order valence-electron chi connectivity index (χ0n) is 75.5. The zero-order valence-corrected chi connectivity index (χ0v) is 79.3. The molecule has 8 N–H and O–H groups in total. The van der Waals surface area contributed by atoms with Gasteiger partial charge in [-0.25, -0.2) is 9.13 Å². The van der Waals surface area contributed by atoms with Crippen molar-refractivity contribution in [2.24, 2.45) is 0 Å². The van der Waals surface area contributed by atoms with Gasteiger partial charge in [-0.3, -0.25) is 46.9 Å². The quantitative estimate of drug-likeness (QED) is 0.00922. The van der Waals surface area contributed by atoms with Gasteiger partial charge in [-0.05, 0) is 117 Å². The van der Waals surface area contributed by atoms with E-state index in [1.54, 1.807) is 0 Å². The number of phosphoric acid groups is 2. The molecule has 0 saturated carbocycles. The van der Waals surface area contributed by atoms with Crippen LogP contribution in [0.5, 0.6) is 0 Å². The number of esters is 2. The summed E-state index contributed by atoms with van der Waals surface area (Å²) in [4.78, 5) is 103. The van der Waals surface area contributed by atoms with Gasteiger partial charge >= 0.3 is 86.7 Å². The van der Waals surface area contributed by atoms with E-state index in [-0.39, 0.29) is 133 Å². The largest absolute Gasteiger partial charge is 1.00 e. The number of carbonyl (C=O) groups excluding carboxylic acids is 6. The summed E-state index contributed by atoms with van der Waals surface area (Å²) in [5, 5.41) is 32.0. The van der Waals surface area contributed by atoms with Crippen molar-refractivity contribution in [2.45, 2.75) is 418 Å². The number of phosphoric ester groups is 2. The van der Waals surface area contributed by atoms with Crippen LogP contribution in [0.15, 0.2) is 24.3 Å². The Kier molecular flexibility index (Phi) is 77.3. The monoisotopic (exact) mass is 1700 g/mol. The van der Waals surface area contributed by atoms with E-state index >= 15 is 0 Å². The molecular weight excluding hydrogens is 1540 g/mol. The van der Waals surface area contributed by atoms with E-state index < -0.39 is 126 Å². The van der Waals surface area contributed by atoms with E-state index in [1.807, 2.05) is 0 Å². The van der Waals surface area contributed by atoms with Crippen molar-refractivity contribution in [1.29, 1.82) is 0 Å². The Morgan fingerprint density at radius 2 is 0.696 bits per heavy atom. The van der Waals surface area contributed by atoms with Gasteiger partial charge in [-0.15, -0.1) is 0 Å². The molecule has 115 heavy (non-hydrogen) atoms. The van der Waals surface area contributed by atoms with Crippen molar-refractivity contribution >= 4 is 51.2 Å². The number of hydrogen-bond acceptors (Lipinski definition) is 20. The topological polar surface area (TPSA) is 358 Å². The van der Waals surface area contributed by atoms with Crippen LogP contribution in [0.3, 0.4) is 0 Å². The minimum Gasteiger partial charge on any atom is -1.00 e. The molecule has 26 nitrogen and oxygen atoms in total. The SMILES string of the molecule is CCCCCC/C=C/CCCC(=O)O[C@H](CCCCCCC)CC(=O)NC(COCC[C@H](O)CCCCCCC)COP(=O)(O)OCCNC(=O)[C@@H]1OC(C)(C)O[C@@H]1C(=O)NCCOP(=O)(O)OCC(COCC[C@H](O)CCCCCCC)NC(=O)C[C@H](CCCCCCCCCCC)OC(=O)CCC/C=C/CCCCCC.[H-].[H-].[Na+].[Na+]. The Morgan fingerprint density at radius 1 is 0.400 bits per heavy atom. The number of allylic oxidation sites excluding steroid dienone is 4. The van der Waals surface area contributed by atoms with Gasteiger partial charge in [0.05, 0.1) is 76.8 Å². The molecule has 0 radical (unpaired) electrons. The fourth-order valence-electron chi connectivity index (χ4n) is 13.0. The first kappa shape index (κ1) is 115. The van der Waals surface area contributed by atoms with Gasteiger partial charge in [0, 0.05) is 39.1 Å². The van der Waals surface area contributed by atoms with Crippen LogP contribution in [-0.2, 0) is 84.4 Å². The molecule has 30 heteroatoms. The van der Waals surface area contributed by atoms with Crippen LogP contribution in [-0.4, -0.2) is 176 Å². The molecule has 0 aromatic heterocycles. The van der Waals surface area contributed by atoms with Crippen molar-refractivity contribution in [3.8, 4) is 0 Å². The predicted molar refractivity (Wildman–Crippen MR) is 447 cm³/mol. The molecule has 1 fully saturated rings. The second-order valence-corrected chi connectivity index (χ2v) is 34.0. The summed E-state index contributed by atoms with van der Waals surface area (Å²) in [6, 6.07) is -1.97. The average Bonchev–Trinajstić information content (AvgIpc) is 1.66. The van der Waals surface area contributed by atoms with Crippen molar-refractivity contribution in [1.82, 2.24) is 21.3 Å². The second-order valence-electron chi connectivity index (χ2n) is 31.1. The fraction of sp³-hybridized carbons (Fsp3) is 0.882. The van der Waals surface area contributed by atoms with Gasteiger partial charge in [0.25, 0.3) is 11.8 Å². The van der Waals surface area contributed by atoms with Crippen LogP contribution in [0.1, 0.15) is 366 Å². The van der Waals surface area contributed by atoms with Crippen molar-refractivity contribution < 1.29 is 166 Å². The maximum absolute atomic E-state index is 13.9. The second kappa shape index (κ2) is 77.1. The molecule has 10 atom stereocenters. The fourth-order valence-corrected chi connectivity index (χ4v) is 14.5. The van der Waals surface area contributed by atoms with E-state index in [9.17, 15) is 57.9 Å². The normalized spacial score (nSPS) is 16.7. The predicted octanol–water partition coefficient (Wildman–Crippen LogP) is 11.7. The summed E-state index contributed by atoms with van der Waals surface area (Å²) in [7, 11) is -9.75. The third-order valence-corrected chi connectivity index (χ3v) is 21.6. The van der Waals surface area contributed by atoms with E-state index in [0.29, 0.717) is 51.4 Å². The molecule has 4 unspecified atom stereocenters. The molecule has 0 aliphatic carbocycles. The Morgan fingerprint density at radius 3 is 1.03 bits per heavy atom. The number of carbonyl (C=O) groups is 6. The molecule has 1 rings (SSSR count). The number of rotatable bonds is 80. The third-order valence-electron chi connectivity index (χ3n) is 19.6.